The minimum Gasteiger partial charge on any atom is -0.493 e. The van der Waals surface area contributed by atoms with Crippen molar-refractivity contribution in [1.29, 1.82) is 0 Å². The molecule has 0 unspecified atom stereocenters. The normalized spacial score (nSPS) is 19.2. The maximum Gasteiger partial charge on any atom is 0.209 e. The van der Waals surface area contributed by atoms with Crippen LogP contribution in [0.1, 0.15) is 46.1 Å². The Balaban J connectivity index is 2.19. The summed E-state index contributed by atoms with van der Waals surface area (Å²) in [5.74, 6) is 4.02. The molecule has 0 bridgehead atoms. The number of rotatable bonds is 12. The number of nitrogens with zero attached hydrogens (tertiary/aromatic N) is 2. The second-order valence-electron chi connectivity index (χ2n) is 9.17. The Hall–Kier alpha value is -2.28. The molecule has 7 heteroatoms. The molecule has 186 valence electrons. The number of aliphatic imine (C=N–C) groups is 2. The van der Waals surface area contributed by atoms with Crippen molar-refractivity contribution in [2.24, 2.45) is 27.7 Å². The van der Waals surface area contributed by atoms with E-state index in [2.05, 4.69) is 39.8 Å². The highest BCUT2D eigenvalue weighted by molar-refractivity contribution is 5.94. The molecule has 0 spiro atoms. The minimum absolute atomic E-state index is 0.0990. The van der Waals surface area contributed by atoms with E-state index in [0.717, 1.165) is 30.8 Å². The SMILES string of the molecule is COCCCOc1cc(C[C@@H](C[C@H]2N=C(OC)[C@@H](C(C)C)N=C2OC)C(C)C)ccc1OC. The van der Waals surface area contributed by atoms with E-state index < -0.39 is 0 Å². The number of benzene rings is 1. The fourth-order valence-corrected chi connectivity index (χ4v) is 4.04. The molecule has 0 saturated carbocycles. The lowest BCUT2D eigenvalue weighted by Crippen LogP contribution is -2.38. The van der Waals surface area contributed by atoms with Crippen molar-refractivity contribution in [2.45, 2.75) is 59.0 Å². The molecular weight excluding hydrogens is 420 g/mol. The number of ether oxygens (including phenoxy) is 5. The van der Waals surface area contributed by atoms with Gasteiger partial charge in [0.15, 0.2) is 11.5 Å². The van der Waals surface area contributed by atoms with Gasteiger partial charge in [-0.25, -0.2) is 9.98 Å². The zero-order chi connectivity index (χ0) is 24.4. The Morgan fingerprint density at radius 3 is 2.15 bits per heavy atom. The predicted octanol–water partition coefficient (Wildman–Crippen LogP) is 4.81. The molecule has 1 aromatic rings. The van der Waals surface area contributed by atoms with Crippen LogP contribution < -0.4 is 9.47 Å². The lowest BCUT2D eigenvalue weighted by atomic mass is 9.83. The molecule has 2 rings (SSSR count). The third kappa shape index (κ3) is 7.63. The van der Waals surface area contributed by atoms with Crippen LogP contribution in [0.2, 0.25) is 0 Å². The summed E-state index contributed by atoms with van der Waals surface area (Å²) in [7, 11) is 6.71. The summed E-state index contributed by atoms with van der Waals surface area (Å²) in [6.45, 7) is 9.99. The van der Waals surface area contributed by atoms with Gasteiger partial charge in [-0.2, -0.15) is 0 Å². The average molecular weight is 463 g/mol. The van der Waals surface area contributed by atoms with Gasteiger partial charge in [-0.1, -0.05) is 33.8 Å². The van der Waals surface area contributed by atoms with E-state index in [1.54, 1.807) is 28.4 Å². The zero-order valence-electron chi connectivity index (χ0n) is 21.6. The van der Waals surface area contributed by atoms with Crippen molar-refractivity contribution in [1.82, 2.24) is 0 Å². The molecule has 1 heterocycles. The smallest absolute Gasteiger partial charge is 0.209 e. The lowest BCUT2D eigenvalue weighted by Gasteiger charge is -2.30. The van der Waals surface area contributed by atoms with Gasteiger partial charge in [0.2, 0.25) is 11.8 Å². The van der Waals surface area contributed by atoms with E-state index >= 15 is 0 Å². The van der Waals surface area contributed by atoms with Gasteiger partial charge in [0.05, 0.1) is 27.9 Å². The molecule has 33 heavy (non-hydrogen) atoms. The first-order chi connectivity index (χ1) is 15.8. The van der Waals surface area contributed by atoms with Gasteiger partial charge in [0, 0.05) is 20.1 Å². The molecular formula is C26H42N2O5. The maximum atomic E-state index is 5.98. The van der Waals surface area contributed by atoms with Gasteiger partial charge >= 0.3 is 0 Å². The Morgan fingerprint density at radius 2 is 1.58 bits per heavy atom. The van der Waals surface area contributed by atoms with E-state index in [0.29, 0.717) is 36.8 Å². The van der Waals surface area contributed by atoms with Crippen LogP contribution in [0.4, 0.5) is 0 Å². The van der Waals surface area contributed by atoms with Gasteiger partial charge in [-0.15, -0.1) is 0 Å². The monoisotopic (exact) mass is 462 g/mol. The molecule has 7 nitrogen and oxygen atoms in total. The molecule has 0 N–H and O–H groups in total. The van der Waals surface area contributed by atoms with E-state index in [1.807, 2.05) is 6.07 Å². The Kier molecular flexibility index (Phi) is 11.0. The molecule has 0 aromatic heterocycles. The van der Waals surface area contributed by atoms with Crippen molar-refractivity contribution < 1.29 is 23.7 Å². The topological polar surface area (TPSA) is 70.9 Å². The highest BCUT2D eigenvalue weighted by atomic mass is 16.5. The Labute approximate surface area is 199 Å². The van der Waals surface area contributed by atoms with Crippen molar-refractivity contribution >= 4 is 11.8 Å². The largest absolute Gasteiger partial charge is 0.493 e. The van der Waals surface area contributed by atoms with Crippen molar-refractivity contribution in [3.05, 3.63) is 23.8 Å². The van der Waals surface area contributed by atoms with Gasteiger partial charge in [0.25, 0.3) is 0 Å². The molecule has 0 radical (unpaired) electrons. The lowest BCUT2D eigenvalue weighted by molar-refractivity contribution is 0.170. The standard InChI is InChI=1S/C26H42N2O5/c1-17(2)20(16-21-25(31-7)28-24(18(3)4)26(27-21)32-8)14-19-10-11-22(30-6)23(15-19)33-13-9-12-29-5/h10-11,15,17-18,20-21,24H,9,12-14,16H2,1-8H3/t20-,21+,24+/m0/s1. The van der Waals surface area contributed by atoms with Crippen LogP contribution in [-0.4, -0.2) is 65.5 Å². The van der Waals surface area contributed by atoms with Gasteiger partial charge < -0.3 is 23.7 Å². The summed E-state index contributed by atoms with van der Waals surface area (Å²) in [5.41, 5.74) is 1.21. The number of methoxy groups -OCH3 is 4. The summed E-state index contributed by atoms with van der Waals surface area (Å²) in [5, 5.41) is 0. The highest BCUT2D eigenvalue weighted by Crippen LogP contribution is 2.32. The Morgan fingerprint density at radius 1 is 0.848 bits per heavy atom. The van der Waals surface area contributed by atoms with Crippen LogP contribution in [0.25, 0.3) is 0 Å². The first-order valence-corrected chi connectivity index (χ1v) is 11.9. The first kappa shape index (κ1) is 27.0. The van der Waals surface area contributed by atoms with E-state index in [-0.39, 0.29) is 18.0 Å². The highest BCUT2D eigenvalue weighted by Gasteiger charge is 2.33. The van der Waals surface area contributed by atoms with E-state index in [9.17, 15) is 0 Å². The van der Waals surface area contributed by atoms with Crippen molar-refractivity contribution in [3.8, 4) is 11.5 Å². The quantitative estimate of drug-likeness (QED) is 0.417. The van der Waals surface area contributed by atoms with E-state index in [1.165, 1.54) is 5.56 Å². The van der Waals surface area contributed by atoms with Crippen LogP contribution in [0, 0.1) is 17.8 Å². The fourth-order valence-electron chi connectivity index (χ4n) is 4.04. The van der Waals surface area contributed by atoms with Crippen LogP contribution in [-0.2, 0) is 20.6 Å². The molecule has 0 aliphatic carbocycles. The van der Waals surface area contributed by atoms with Crippen molar-refractivity contribution in [2.75, 3.05) is 41.7 Å². The zero-order valence-corrected chi connectivity index (χ0v) is 21.6. The summed E-state index contributed by atoms with van der Waals surface area (Å²) < 4.78 is 27.8. The van der Waals surface area contributed by atoms with Gasteiger partial charge in [-0.3, -0.25) is 0 Å². The van der Waals surface area contributed by atoms with Crippen LogP contribution in [0.15, 0.2) is 28.2 Å². The number of hydrogen-bond donors (Lipinski definition) is 0. The molecule has 0 saturated heterocycles. The third-order valence-corrected chi connectivity index (χ3v) is 6.08. The van der Waals surface area contributed by atoms with Crippen LogP contribution in [0.3, 0.4) is 0 Å². The second-order valence-corrected chi connectivity index (χ2v) is 9.17. The molecule has 1 aliphatic rings. The number of hydrogen-bond acceptors (Lipinski definition) is 7. The second kappa shape index (κ2) is 13.4. The Bertz CT molecular complexity index is 791. The molecule has 1 aliphatic heterocycles. The first-order valence-electron chi connectivity index (χ1n) is 11.9. The van der Waals surface area contributed by atoms with Crippen LogP contribution in [0.5, 0.6) is 11.5 Å². The molecule has 1 aromatic carbocycles. The summed E-state index contributed by atoms with van der Waals surface area (Å²) >= 11 is 0. The minimum atomic E-state index is -0.143. The summed E-state index contributed by atoms with van der Waals surface area (Å²) in [4.78, 5) is 9.73. The van der Waals surface area contributed by atoms with E-state index in [4.69, 9.17) is 33.7 Å². The molecule has 0 fully saturated rings. The fraction of sp³-hybridized carbons (Fsp3) is 0.692. The third-order valence-electron chi connectivity index (χ3n) is 6.08. The average Bonchev–Trinajstić information content (AvgIpc) is 2.80. The van der Waals surface area contributed by atoms with Gasteiger partial charge in [-0.05, 0) is 48.3 Å². The molecule has 3 atom stereocenters. The summed E-state index contributed by atoms with van der Waals surface area (Å²) in [6, 6.07) is 5.94. The van der Waals surface area contributed by atoms with Gasteiger partial charge in [0.1, 0.15) is 12.1 Å². The molecule has 0 amide bonds. The summed E-state index contributed by atoms with van der Waals surface area (Å²) in [6.07, 6.45) is 2.56. The predicted molar refractivity (Wildman–Crippen MR) is 133 cm³/mol. The van der Waals surface area contributed by atoms with Crippen molar-refractivity contribution in [3.63, 3.8) is 0 Å². The van der Waals surface area contributed by atoms with Crippen LogP contribution >= 0.6 is 0 Å². The maximum absolute atomic E-state index is 5.98.